The first kappa shape index (κ1) is 17.4. The van der Waals surface area contributed by atoms with Gasteiger partial charge in [0.25, 0.3) is 0 Å². The zero-order chi connectivity index (χ0) is 17.5. The average Bonchev–Trinajstić information content (AvgIpc) is 2.45. The first-order valence-electron chi connectivity index (χ1n) is 9.48. The van der Waals surface area contributed by atoms with Gasteiger partial charge in [0.05, 0.1) is 0 Å². The molecule has 0 aromatic heterocycles. The fourth-order valence-electron chi connectivity index (χ4n) is 4.48. The molecule has 0 radical (unpaired) electrons. The van der Waals surface area contributed by atoms with Gasteiger partial charge in [0.2, 0.25) is 0 Å². The molecule has 0 bridgehead atoms. The Balaban J connectivity index is 1.92. The highest BCUT2D eigenvalue weighted by Gasteiger charge is 2.45. The fourth-order valence-corrected chi connectivity index (χ4v) is 4.48. The number of aryl methyl sites for hydroxylation is 1. The number of rotatable bonds is 4. The Hall–Kier alpha value is -1.44. The van der Waals surface area contributed by atoms with Crippen molar-refractivity contribution in [2.24, 2.45) is 11.8 Å². The summed E-state index contributed by atoms with van der Waals surface area (Å²) in [7, 11) is 0. The standard InChI is InChI=1S/C22H32O2/c1-14(2)7-6-8-16-12-19(23)21-17-11-15(3)9-10-18(17)22(4,5)24-20(21)13-16/h9,12-14,17-18,23H,6-8,10-11H2,1-5H3/t17-,18-/m1/s1. The first-order valence-corrected chi connectivity index (χ1v) is 9.48. The minimum Gasteiger partial charge on any atom is -0.508 e. The highest BCUT2D eigenvalue weighted by Crippen LogP contribution is 2.54. The summed E-state index contributed by atoms with van der Waals surface area (Å²) in [4.78, 5) is 0. The molecule has 3 rings (SSSR count). The van der Waals surface area contributed by atoms with Gasteiger partial charge in [-0.25, -0.2) is 0 Å². The number of ether oxygens (including phenoxy) is 1. The van der Waals surface area contributed by atoms with Crippen molar-refractivity contribution in [3.8, 4) is 11.5 Å². The summed E-state index contributed by atoms with van der Waals surface area (Å²) >= 11 is 0. The second kappa shape index (κ2) is 6.46. The van der Waals surface area contributed by atoms with Crippen molar-refractivity contribution >= 4 is 0 Å². The van der Waals surface area contributed by atoms with Gasteiger partial charge in [-0.15, -0.1) is 0 Å². The van der Waals surface area contributed by atoms with Crippen LogP contribution in [0.1, 0.15) is 77.3 Å². The van der Waals surface area contributed by atoms with Crippen molar-refractivity contribution in [3.63, 3.8) is 0 Å². The van der Waals surface area contributed by atoms with E-state index in [-0.39, 0.29) is 5.60 Å². The third kappa shape index (κ3) is 3.34. The van der Waals surface area contributed by atoms with E-state index in [4.69, 9.17) is 4.74 Å². The van der Waals surface area contributed by atoms with Crippen molar-refractivity contribution < 1.29 is 9.84 Å². The maximum atomic E-state index is 10.7. The summed E-state index contributed by atoms with van der Waals surface area (Å²) in [6, 6.07) is 4.16. The van der Waals surface area contributed by atoms with E-state index in [0.29, 0.717) is 17.6 Å². The van der Waals surface area contributed by atoms with Gasteiger partial charge in [0.1, 0.15) is 17.1 Å². The lowest BCUT2D eigenvalue weighted by Crippen LogP contribution is -2.45. The van der Waals surface area contributed by atoms with E-state index in [1.165, 1.54) is 17.6 Å². The van der Waals surface area contributed by atoms with Crippen LogP contribution in [-0.4, -0.2) is 10.7 Å². The molecule has 0 fully saturated rings. The van der Waals surface area contributed by atoms with Crippen LogP contribution in [0.2, 0.25) is 0 Å². The number of hydrogen-bond donors (Lipinski definition) is 1. The van der Waals surface area contributed by atoms with Crippen LogP contribution in [0.4, 0.5) is 0 Å². The topological polar surface area (TPSA) is 29.5 Å². The minimum atomic E-state index is -0.183. The number of hydrogen-bond acceptors (Lipinski definition) is 2. The number of phenols is 1. The zero-order valence-corrected chi connectivity index (χ0v) is 15.9. The molecule has 2 atom stereocenters. The van der Waals surface area contributed by atoms with Gasteiger partial charge in [-0.1, -0.05) is 31.9 Å². The molecule has 1 N–H and O–H groups in total. The number of benzene rings is 1. The molecule has 0 spiro atoms. The third-order valence-electron chi connectivity index (χ3n) is 5.81. The second-order valence-corrected chi connectivity index (χ2v) is 8.72. The Kier molecular flexibility index (Phi) is 4.68. The van der Waals surface area contributed by atoms with E-state index in [1.807, 2.05) is 6.07 Å². The molecule has 2 aliphatic rings. The van der Waals surface area contributed by atoms with Crippen LogP contribution in [0, 0.1) is 11.8 Å². The van der Waals surface area contributed by atoms with Crippen LogP contribution in [0.3, 0.4) is 0 Å². The molecule has 0 saturated carbocycles. The Labute approximate surface area is 146 Å². The molecule has 2 nitrogen and oxygen atoms in total. The number of fused-ring (bicyclic) bond motifs is 3. The molecule has 2 heteroatoms. The Morgan fingerprint density at radius 3 is 2.75 bits per heavy atom. The Morgan fingerprint density at radius 2 is 2.04 bits per heavy atom. The van der Waals surface area contributed by atoms with E-state index >= 15 is 0 Å². The maximum Gasteiger partial charge on any atom is 0.127 e. The minimum absolute atomic E-state index is 0.183. The largest absolute Gasteiger partial charge is 0.508 e. The summed E-state index contributed by atoms with van der Waals surface area (Å²) in [5.74, 6) is 2.89. The third-order valence-corrected chi connectivity index (χ3v) is 5.81. The monoisotopic (exact) mass is 328 g/mol. The lowest BCUT2D eigenvalue weighted by atomic mass is 9.67. The molecular formula is C22H32O2. The molecular weight excluding hydrogens is 296 g/mol. The molecule has 0 saturated heterocycles. The lowest BCUT2D eigenvalue weighted by molar-refractivity contribution is 0.00753. The zero-order valence-electron chi connectivity index (χ0n) is 15.9. The van der Waals surface area contributed by atoms with Crippen molar-refractivity contribution in [1.29, 1.82) is 0 Å². The molecule has 1 aromatic carbocycles. The molecule has 1 aliphatic carbocycles. The van der Waals surface area contributed by atoms with Gasteiger partial charge in [-0.05, 0) is 70.1 Å². The van der Waals surface area contributed by atoms with E-state index in [0.717, 1.165) is 42.9 Å². The average molecular weight is 328 g/mol. The number of phenolic OH excluding ortho intramolecular Hbond substituents is 1. The van der Waals surface area contributed by atoms with E-state index in [9.17, 15) is 5.11 Å². The van der Waals surface area contributed by atoms with Crippen LogP contribution in [-0.2, 0) is 6.42 Å². The van der Waals surface area contributed by atoms with Gasteiger partial charge < -0.3 is 9.84 Å². The summed E-state index contributed by atoms with van der Waals surface area (Å²) in [6.07, 6.45) is 7.81. The predicted octanol–water partition coefficient (Wildman–Crippen LogP) is 5.98. The van der Waals surface area contributed by atoms with Gasteiger partial charge in [-0.2, -0.15) is 0 Å². The Morgan fingerprint density at radius 1 is 1.29 bits per heavy atom. The normalized spacial score (nSPS) is 24.8. The van der Waals surface area contributed by atoms with Crippen LogP contribution in [0.5, 0.6) is 11.5 Å². The van der Waals surface area contributed by atoms with Gasteiger partial charge in [0.15, 0.2) is 0 Å². The molecule has 24 heavy (non-hydrogen) atoms. The molecule has 1 aliphatic heterocycles. The smallest absolute Gasteiger partial charge is 0.127 e. The maximum absolute atomic E-state index is 10.7. The predicted molar refractivity (Wildman–Crippen MR) is 99.8 cm³/mol. The van der Waals surface area contributed by atoms with Crippen molar-refractivity contribution in [1.82, 2.24) is 0 Å². The fraction of sp³-hybridized carbons (Fsp3) is 0.636. The molecule has 132 valence electrons. The second-order valence-electron chi connectivity index (χ2n) is 8.72. The van der Waals surface area contributed by atoms with Gasteiger partial charge >= 0.3 is 0 Å². The molecule has 0 unspecified atom stereocenters. The van der Waals surface area contributed by atoms with Crippen LogP contribution in [0.15, 0.2) is 23.8 Å². The summed E-state index contributed by atoms with van der Waals surface area (Å²) in [5.41, 5.74) is 3.49. The quantitative estimate of drug-likeness (QED) is 0.689. The highest BCUT2D eigenvalue weighted by molar-refractivity contribution is 5.52. The van der Waals surface area contributed by atoms with Crippen molar-refractivity contribution in [2.75, 3.05) is 0 Å². The van der Waals surface area contributed by atoms with Crippen molar-refractivity contribution in [3.05, 3.63) is 34.9 Å². The van der Waals surface area contributed by atoms with Crippen LogP contribution in [0.25, 0.3) is 0 Å². The van der Waals surface area contributed by atoms with E-state index in [1.54, 1.807) is 0 Å². The summed E-state index contributed by atoms with van der Waals surface area (Å²) in [6.45, 7) is 11.1. The molecule has 1 aromatic rings. The number of aromatic hydroxyl groups is 1. The lowest BCUT2D eigenvalue weighted by Gasteiger charge is -2.47. The van der Waals surface area contributed by atoms with E-state index in [2.05, 4.69) is 46.8 Å². The van der Waals surface area contributed by atoms with Crippen molar-refractivity contribution in [2.45, 2.75) is 78.2 Å². The van der Waals surface area contributed by atoms with Gasteiger partial charge in [-0.3, -0.25) is 0 Å². The summed E-state index contributed by atoms with van der Waals surface area (Å²) in [5, 5.41) is 10.7. The highest BCUT2D eigenvalue weighted by atomic mass is 16.5. The van der Waals surface area contributed by atoms with E-state index < -0.39 is 0 Å². The van der Waals surface area contributed by atoms with Crippen LogP contribution < -0.4 is 4.74 Å². The summed E-state index contributed by atoms with van der Waals surface area (Å²) < 4.78 is 6.38. The first-order chi connectivity index (χ1) is 11.3. The SMILES string of the molecule is CC1=CC[C@@H]2[C@@H](C1)c1c(O)cc(CCCC(C)C)cc1OC2(C)C. The molecule has 1 heterocycles. The van der Waals surface area contributed by atoms with Gasteiger partial charge in [0, 0.05) is 17.4 Å². The number of allylic oxidation sites excluding steroid dienone is 2. The molecule has 0 amide bonds. The van der Waals surface area contributed by atoms with Crippen LogP contribution >= 0.6 is 0 Å². The Bertz CT molecular complexity index is 640.